The first-order valence-electron chi connectivity index (χ1n) is 9.44. The quantitative estimate of drug-likeness (QED) is 0.552. The summed E-state index contributed by atoms with van der Waals surface area (Å²) in [7, 11) is 0. The third kappa shape index (κ3) is 6.01. The van der Waals surface area contributed by atoms with Crippen LogP contribution in [0.1, 0.15) is 6.42 Å². The van der Waals surface area contributed by atoms with E-state index in [-0.39, 0.29) is 13.0 Å². The van der Waals surface area contributed by atoms with Crippen LogP contribution in [0.25, 0.3) is 0 Å². The number of halogens is 2. The lowest BCUT2D eigenvalue weighted by molar-refractivity contribution is -0.160. The van der Waals surface area contributed by atoms with Crippen molar-refractivity contribution in [3.63, 3.8) is 0 Å². The fraction of sp³-hybridized carbons (Fsp3) is 0.350. The number of hydrogen-bond acceptors (Lipinski definition) is 6. The number of carboxylic acid groups (broad SMARTS) is 1. The lowest BCUT2D eigenvalue weighted by atomic mass is 10.2. The zero-order valence-electron chi connectivity index (χ0n) is 16.2. The number of amides is 2. The van der Waals surface area contributed by atoms with Gasteiger partial charge >= 0.3 is 12.6 Å². The first-order valence-corrected chi connectivity index (χ1v) is 9.44. The molecule has 2 amide bonds. The largest absolute Gasteiger partial charge is 0.480 e. The number of likely N-dealkylation sites (tertiary alicyclic amines) is 1. The van der Waals surface area contributed by atoms with Gasteiger partial charge in [0.05, 0.1) is 12.6 Å². The predicted molar refractivity (Wildman–Crippen MR) is 103 cm³/mol. The Morgan fingerprint density at radius 2 is 2.00 bits per heavy atom. The highest BCUT2D eigenvalue weighted by Gasteiger charge is 2.41. The van der Waals surface area contributed by atoms with Gasteiger partial charge in [-0.25, -0.2) is 4.79 Å². The lowest BCUT2D eigenvalue weighted by Gasteiger charge is -2.22. The molecule has 9 nitrogen and oxygen atoms in total. The number of allylic oxidation sites excluding steroid dienone is 1. The highest BCUT2D eigenvalue weighted by Crippen LogP contribution is 2.22. The van der Waals surface area contributed by atoms with Crippen molar-refractivity contribution in [2.75, 3.05) is 13.1 Å². The second kappa shape index (κ2) is 10.0. The van der Waals surface area contributed by atoms with Gasteiger partial charge in [0, 0.05) is 19.2 Å². The summed E-state index contributed by atoms with van der Waals surface area (Å²) in [6, 6.07) is 6.99. The number of ether oxygens (including phenoxy) is 2. The number of aliphatic carboxylic acids is 1. The van der Waals surface area contributed by atoms with Crippen molar-refractivity contribution in [3.8, 4) is 5.75 Å². The summed E-state index contributed by atoms with van der Waals surface area (Å²) in [5, 5.41) is 14.5. The van der Waals surface area contributed by atoms with Crippen LogP contribution in [-0.2, 0) is 19.1 Å². The predicted octanol–water partition coefficient (Wildman–Crippen LogP) is 0.844. The van der Waals surface area contributed by atoms with E-state index >= 15 is 0 Å². The highest BCUT2D eigenvalue weighted by molar-refractivity contribution is 5.90. The van der Waals surface area contributed by atoms with Crippen molar-refractivity contribution < 1.29 is 37.7 Å². The van der Waals surface area contributed by atoms with Crippen LogP contribution < -0.4 is 15.4 Å². The van der Waals surface area contributed by atoms with Crippen molar-refractivity contribution in [1.29, 1.82) is 0 Å². The summed E-state index contributed by atoms with van der Waals surface area (Å²) in [5.41, 5.74) is 0. The van der Waals surface area contributed by atoms with E-state index in [2.05, 4.69) is 15.4 Å². The standard InChI is InChI=1S/C20H21F2N3O6/c21-20(22)31-14-8-16(19(28)29)25(11-14)17(26)10-24-18(27)15-7-6-13(9-23-15)30-12-4-2-1-3-5-12/h1-7,9,14-16,20,23H,8,10-11H2,(H,24,27)(H,28,29)/t14-,15?,16+/m1/s1. The van der Waals surface area contributed by atoms with Gasteiger partial charge in [-0.1, -0.05) is 18.2 Å². The molecule has 0 spiro atoms. The van der Waals surface area contributed by atoms with Crippen LogP contribution in [-0.4, -0.2) is 65.7 Å². The Morgan fingerprint density at radius 1 is 1.26 bits per heavy atom. The maximum Gasteiger partial charge on any atom is 0.345 e. The number of dihydropyridines is 1. The summed E-state index contributed by atoms with van der Waals surface area (Å²) in [6.07, 6.45) is 3.31. The van der Waals surface area contributed by atoms with Crippen LogP contribution >= 0.6 is 0 Å². The maximum absolute atomic E-state index is 12.4. The number of carboxylic acids is 1. The van der Waals surface area contributed by atoms with Crippen molar-refractivity contribution >= 4 is 17.8 Å². The van der Waals surface area contributed by atoms with Gasteiger partial charge in [0.25, 0.3) is 0 Å². The van der Waals surface area contributed by atoms with E-state index in [1.165, 1.54) is 6.20 Å². The molecule has 0 bridgehead atoms. The van der Waals surface area contributed by atoms with Crippen molar-refractivity contribution in [3.05, 3.63) is 54.4 Å². The molecule has 1 unspecified atom stereocenters. The van der Waals surface area contributed by atoms with Crippen LogP contribution in [0.3, 0.4) is 0 Å². The van der Waals surface area contributed by atoms with Crippen LogP contribution in [0.15, 0.2) is 54.4 Å². The van der Waals surface area contributed by atoms with E-state index in [9.17, 15) is 28.3 Å². The van der Waals surface area contributed by atoms with Gasteiger partial charge in [-0.3, -0.25) is 9.59 Å². The Bertz CT molecular complexity index is 877. The molecule has 3 N–H and O–H groups in total. The second-order valence-corrected chi connectivity index (χ2v) is 6.84. The number of para-hydroxylation sites is 1. The fourth-order valence-corrected chi connectivity index (χ4v) is 3.24. The number of nitrogens with one attached hydrogen (secondary N) is 2. The van der Waals surface area contributed by atoms with Gasteiger partial charge in [-0.15, -0.1) is 0 Å². The van der Waals surface area contributed by atoms with E-state index in [0.717, 1.165) is 4.90 Å². The average Bonchev–Trinajstić information content (AvgIpc) is 3.16. The van der Waals surface area contributed by atoms with Crippen molar-refractivity contribution in [2.24, 2.45) is 0 Å². The molecule has 3 rings (SSSR count). The van der Waals surface area contributed by atoms with Crippen LogP contribution in [0.2, 0.25) is 0 Å². The minimum Gasteiger partial charge on any atom is -0.480 e. The molecule has 2 aliphatic rings. The summed E-state index contributed by atoms with van der Waals surface area (Å²) in [4.78, 5) is 36.9. The number of rotatable bonds is 8. The molecule has 1 saturated heterocycles. The van der Waals surface area contributed by atoms with E-state index < -0.39 is 49.1 Å². The van der Waals surface area contributed by atoms with E-state index in [0.29, 0.717) is 11.5 Å². The third-order valence-corrected chi connectivity index (χ3v) is 4.70. The molecule has 0 radical (unpaired) electrons. The van der Waals surface area contributed by atoms with Gasteiger partial charge in [-0.05, 0) is 24.3 Å². The summed E-state index contributed by atoms with van der Waals surface area (Å²) in [5.74, 6) is -1.44. The molecule has 3 atom stereocenters. The monoisotopic (exact) mass is 437 g/mol. The number of benzene rings is 1. The van der Waals surface area contributed by atoms with Crippen molar-refractivity contribution in [2.45, 2.75) is 31.2 Å². The van der Waals surface area contributed by atoms with Gasteiger partial charge in [0.1, 0.15) is 23.6 Å². The van der Waals surface area contributed by atoms with Crippen LogP contribution in [0, 0.1) is 0 Å². The highest BCUT2D eigenvalue weighted by atomic mass is 19.3. The normalized spacial score (nSPS) is 22.6. The van der Waals surface area contributed by atoms with Crippen molar-refractivity contribution in [1.82, 2.24) is 15.5 Å². The summed E-state index contributed by atoms with van der Waals surface area (Å²) < 4.78 is 34.7. The molecule has 0 aliphatic carbocycles. The zero-order chi connectivity index (χ0) is 22.4. The van der Waals surface area contributed by atoms with Gasteiger partial charge in [-0.2, -0.15) is 8.78 Å². The SMILES string of the molecule is O=C(NCC(=O)N1C[C@H](OC(F)F)C[C@H]1C(=O)O)C1C=CC(Oc2ccccc2)=CN1. The van der Waals surface area contributed by atoms with Crippen LogP contribution in [0.4, 0.5) is 8.78 Å². The molecule has 11 heteroatoms. The molecule has 0 saturated carbocycles. The van der Waals surface area contributed by atoms with E-state index in [1.54, 1.807) is 24.3 Å². The van der Waals surface area contributed by atoms with E-state index in [4.69, 9.17) is 4.74 Å². The number of nitrogens with zero attached hydrogens (tertiary/aromatic N) is 1. The Labute approximate surface area is 176 Å². The number of alkyl halides is 2. The molecule has 31 heavy (non-hydrogen) atoms. The average molecular weight is 437 g/mol. The molecular weight excluding hydrogens is 416 g/mol. The summed E-state index contributed by atoms with van der Waals surface area (Å²) in [6.45, 7) is -3.84. The Hall–Kier alpha value is -3.47. The Balaban J connectivity index is 1.48. The smallest absolute Gasteiger partial charge is 0.345 e. The molecular formula is C20H21F2N3O6. The van der Waals surface area contributed by atoms with Gasteiger partial charge in [0.15, 0.2) is 0 Å². The molecule has 2 heterocycles. The van der Waals surface area contributed by atoms with Gasteiger partial charge in [0.2, 0.25) is 11.8 Å². The minimum absolute atomic E-state index is 0.249. The summed E-state index contributed by atoms with van der Waals surface area (Å²) >= 11 is 0. The number of hydrogen-bond donors (Lipinski definition) is 3. The van der Waals surface area contributed by atoms with Crippen LogP contribution in [0.5, 0.6) is 5.75 Å². The third-order valence-electron chi connectivity index (χ3n) is 4.70. The Kier molecular flexibility index (Phi) is 7.19. The second-order valence-electron chi connectivity index (χ2n) is 6.84. The van der Waals surface area contributed by atoms with E-state index in [1.807, 2.05) is 18.2 Å². The minimum atomic E-state index is -3.07. The number of carbonyl (C=O) groups is 3. The molecule has 0 aromatic heterocycles. The number of carbonyl (C=O) groups excluding carboxylic acids is 2. The molecule has 166 valence electrons. The zero-order valence-corrected chi connectivity index (χ0v) is 16.2. The first-order chi connectivity index (χ1) is 14.8. The molecule has 1 aromatic carbocycles. The molecule has 1 aromatic rings. The lowest BCUT2D eigenvalue weighted by Crippen LogP contribution is -2.49. The first kappa shape index (κ1) is 22.2. The molecule has 2 aliphatic heterocycles. The Morgan fingerprint density at radius 3 is 2.61 bits per heavy atom. The topological polar surface area (TPSA) is 117 Å². The fourth-order valence-electron chi connectivity index (χ4n) is 3.24. The maximum atomic E-state index is 12.4. The molecule has 1 fully saturated rings. The van der Waals surface area contributed by atoms with Gasteiger partial charge < -0.3 is 30.1 Å².